The molecule has 4 amide bonds. The monoisotopic (exact) mass is 406 g/mol. The number of fused-ring (bicyclic) bond motifs is 2. The Morgan fingerprint density at radius 1 is 0.533 bits per heavy atom. The van der Waals surface area contributed by atoms with Crippen molar-refractivity contribution in [3.63, 3.8) is 0 Å². The number of hydrogen-bond donors (Lipinski definition) is 2. The van der Waals surface area contributed by atoms with Crippen molar-refractivity contribution < 1.29 is 29.0 Å². The molecule has 8 heteroatoms. The van der Waals surface area contributed by atoms with Crippen LogP contribution in [0.4, 0.5) is 0 Å². The molecule has 0 unspecified atom stereocenters. The van der Waals surface area contributed by atoms with E-state index in [4.69, 9.17) is 0 Å². The van der Waals surface area contributed by atoms with Crippen molar-refractivity contribution in [1.29, 1.82) is 0 Å². The Morgan fingerprint density at radius 2 is 0.800 bits per heavy atom. The molecule has 3 aliphatic heterocycles. The molecule has 30 heavy (non-hydrogen) atoms. The van der Waals surface area contributed by atoms with Gasteiger partial charge in [0.2, 0.25) is 0 Å². The molecule has 2 N–H and O–H groups in total. The first-order chi connectivity index (χ1) is 14.5. The zero-order chi connectivity index (χ0) is 20.8. The van der Waals surface area contributed by atoms with Crippen molar-refractivity contribution in [3.8, 4) is 0 Å². The third-order valence-electron chi connectivity index (χ3n) is 6.18. The number of nitrogens with one attached hydrogen (secondary N) is 2. The lowest BCUT2D eigenvalue weighted by Gasteiger charge is -2.32. The number of carbonyl (C=O) groups is 4. The molecule has 3 heterocycles. The Morgan fingerprint density at radius 3 is 1.07 bits per heavy atom. The number of benzene rings is 2. The number of nitrogens with zero attached hydrogens (tertiary/aromatic N) is 2. The van der Waals surface area contributed by atoms with Gasteiger partial charge in [0.15, 0.2) is 13.3 Å². The minimum Gasteiger partial charge on any atom is -0.308 e. The zero-order valence-electron chi connectivity index (χ0n) is 16.4. The maximum absolute atomic E-state index is 12.6. The normalized spacial score (nSPS) is 23.2. The van der Waals surface area contributed by atoms with Crippen LogP contribution in [-0.4, -0.2) is 72.9 Å². The summed E-state index contributed by atoms with van der Waals surface area (Å²) in [4.78, 5) is 55.2. The quantitative estimate of drug-likeness (QED) is 0.592. The van der Waals surface area contributed by atoms with Gasteiger partial charge in [0.1, 0.15) is 26.2 Å². The molecule has 152 valence electrons. The van der Waals surface area contributed by atoms with E-state index in [1.165, 1.54) is 9.80 Å². The third kappa shape index (κ3) is 2.92. The summed E-state index contributed by atoms with van der Waals surface area (Å²) < 4.78 is 0. The molecule has 1 saturated heterocycles. The van der Waals surface area contributed by atoms with Gasteiger partial charge in [0.05, 0.1) is 22.3 Å². The molecule has 0 aromatic heterocycles. The van der Waals surface area contributed by atoms with Gasteiger partial charge in [-0.25, -0.2) is 9.80 Å². The van der Waals surface area contributed by atoms with Gasteiger partial charge in [0, 0.05) is 0 Å². The minimum atomic E-state index is -0.232. The third-order valence-corrected chi connectivity index (χ3v) is 6.18. The van der Waals surface area contributed by atoms with E-state index >= 15 is 0 Å². The van der Waals surface area contributed by atoms with Crippen LogP contribution in [0.15, 0.2) is 48.5 Å². The second kappa shape index (κ2) is 7.16. The van der Waals surface area contributed by atoms with Crippen LogP contribution in [0.2, 0.25) is 0 Å². The van der Waals surface area contributed by atoms with Crippen molar-refractivity contribution in [1.82, 2.24) is 9.80 Å². The topological polar surface area (TPSA) is 83.6 Å². The highest BCUT2D eigenvalue weighted by Gasteiger charge is 2.40. The molecular formula is C22H22N4O4+2. The van der Waals surface area contributed by atoms with Crippen LogP contribution in [0.3, 0.4) is 0 Å². The van der Waals surface area contributed by atoms with E-state index in [0.717, 1.165) is 36.0 Å². The van der Waals surface area contributed by atoms with Crippen LogP contribution in [0.5, 0.6) is 0 Å². The van der Waals surface area contributed by atoms with Crippen molar-refractivity contribution in [2.45, 2.75) is 0 Å². The Kier molecular flexibility index (Phi) is 4.45. The predicted molar refractivity (Wildman–Crippen MR) is 105 cm³/mol. The average Bonchev–Trinajstić information content (AvgIpc) is 3.16. The maximum Gasteiger partial charge on any atom is 0.265 e. The minimum absolute atomic E-state index is 0.232. The van der Waals surface area contributed by atoms with Crippen LogP contribution in [0, 0.1) is 0 Å². The van der Waals surface area contributed by atoms with Crippen LogP contribution in [0.25, 0.3) is 0 Å². The standard InChI is InChI=1S/C22H20N4O4/c27-19-15-5-1-2-6-16(15)20(28)25(19)13-23-9-11-24(12-10-23)14-26-21(29)17-7-3-4-8-18(17)22(26)30/h1-8H,9-14H2/p+2. The zero-order valence-corrected chi connectivity index (χ0v) is 16.4. The van der Waals surface area contributed by atoms with Crippen molar-refractivity contribution in [2.75, 3.05) is 39.5 Å². The number of quaternary nitrogens is 2. The van der Waals surface area contributed by atoms with Crippen LogP contribution in [-0.2, 0) is 0 Å². The highest BCUT2D eigenvalue weighted by atomic mass is 16.2. The van der Waals surface area contributed by atoms with Gasteiger partial charge in [-0.05, 0) is 24.3 Å². The fraction of sp³-hybridized carbons (Fsp3) is 0.273. The Balaban J connectivity index is 1.18. The SMILES string of the molecule is O=C1c2ccccc2C(=O)N1C[NH+]1CC[NH+](CN2C(=O)c3ccccc3C2=O)CC1. The van der Waals surface area contributed by atoms with E-state index < -0.39 is 0 Å². The summed E-state index contributed by atoms with van der Waals surface area (Å²) in [6.45, 7) is 3.70. The molecule has 0 saturated carbocycles. The molecule has 0 bridgehead atoms. The Hall–Kier alpha value is -3.36. The predicted octanol–water partition coefficient (Wildman–Crippen LogP) is -1.72. The molecule has 0 radical (unpaired) electrons. The van der Waals surface area contributed by atoms with Crippen LogP contribution < -0.4 is 9.80 Å². The summed E-state index contributed by atoms with van der Waals surface area (Å²) in [6, 6.07) is 13.8. The van der Waals surface area contributed by atoms with Crippen LogP contribution in [0.1, 0.15) is 41.4 Å². The van der Waals surface area contributed by atoms with Crippen molar-refractivity contribution in [2.24, 2.45) is 0 Å². The van der Waals surface area contributed by atoms with E-state index in [2.05, 4.69) is 0 Å². The van der Waals surface area contributed by atoms with Crippen molar-refractivity contribution >= 4 is 23.6 Å². The molecule has 2 aromatic carbocycles. The number of piperazine rings is 1. The number of carbonyl (C=O) groups excluding carboxylic acids is 4. The summed E-state index contributed by atoms with van der Waals surface area (Å²) in [5.74, 6) is -0.930. The average molecular weight is 406 g/mol. The fourth-order valence-electron chi connectivity index (χ4n) is 4.49. The van der Waals surface area contributed by atoms with Crippen molar-refractivity contribution in [3.05, 3.63) is 70.8 Å². The Bertz CT molecular complexity index is 919. The smallest absolute Gasteiger partial charge is 0.265 e. The molecule has 2 aromatic rings. The van der Waals surface area contributed by atoms with Gasteiger partial charge in [-0.15, -0.1) is 0 Å². The highest BCUT2D eigenvalue weighted by Crippen LogP contribution is 2.22. The summed E-state index contributed by atoms with van der Waals surface area (Å²) in [6.07, 6.45) is 0. The van der Waals surface area contributed by atoms with Gasteiger partial charge < -0.3 is 9.80 Å². The number of rotatable bonds is 4. The lowest BCUT2D eigenvalue weighted by Crippen LogP contribution is -3.29. The molecule has 3 aliphatic rings. The van der Waals surface area contributed by atoms with Gasteiger partial charge in [-0.1, -0.05) is 24.3 Å². The summed E-state index contributed by atoms with van der Waals surface area (Å²) in [5, 5.41) is 0. The van der Waals surface area contributed by atoms with Gasteiger partial charge >= 0.3 is 0 Å². The first kappa shape index (κ1) is 18.7. The summed E-state index contributed by atoms with van der Waals surface area (Å²) in [5.41, 5.74) is 1.88. The first-order valence-electron chi connectivity index (χ1n) is 10.1. The molecule has 5 rings (SSSR count). The lowest BCUT2D eigenvalue weighted by molar-refractivity contribution is -1.02. The Labute approximate surface area is 173 Å². The van der Waals surface area contributed by atoms with E-state index in [1.807, 2.05) is 0 Å². The molecule has 8 nitrogen and oxygen atoms in total. The summed E-state index contributed by atoms with van der Waals surface area (Å²) in [7, 11) is 0. The lowest BCUT2D eigenvalue weighted by atomic mass is 10.1. The fourth-order valence-corrected chi connectivity index (χ4v) is 4.49. The molecule has 0 spiro atoms. The number of amides is 4. The van der Waals surface area contributed by atoms with E-state index in [1.54, 1.807) is 48.5 Å². The van der Waals surface area contributed by atoms with E-state index in [-0.39, 0.29) is 23.6 Å². The molecule has 1 fully saturated rings. The van der Waals surface area contributed by atoms with Gasteiger partial charge in [0.25, 0.3) is 23.6 Å². The second-order valence-electron chi connectivity index (χ2n) is 7.98. The first-order valence-corrected chi connectivity index (χ1v) is 10.1. The summed E-state index contributed by atoms with van der Waals surface area (Å²) >= 11 is 0. The maximum atomic E-state index is 12.6. The largest absolute Gasteiger partial charge is 0.308 e. The van der Waals surface area contributed by atoms with E-state index in [9.17, 15) is 19.2 Å². The number of hydrogen-bond acceptors (Lipinski definition) is 4. The molecular weight excluding hydrogens is 384 g/mol. The van der Waals surface area contributed by atoms with Crippen LogP contribution >= 0.6 is 0 Å². The van der Waals surface area contributed by atoms with E-state index in [0.29, 0.717) is 35.6 Å². The second-order valence-corrected chi connectivity index (χ2v) is 7.98. The van der Waals surface area contributed by atoms with Gasteiger partial charge in [-0.3, -0.25) is 19.2 Å². The molecule has 0 aliphatic carbocycles. The highest BCUT2D eigenvalue weighted by molar-refractivity contribution is 6.21. The van der Waals surface area contributed by atoms with Gasteiger partial charge in [-0.2, -0.15) is 0 Å². The molecule has 0 atom stereocenters. The number of imide groups is 2.